The Morgan fingerprint density at radius 1 is 1.18 bits per heavy atom. The Hall–Kier alpha value is -0.500. The van der Waals surface area contributed by atoms with E-state index < -0.39 is 0 Å². The Labute approximate surface area is 114 Å². The Morgan fingerprint density at radius 3 is 2.24 bits per heavy atom. The van der Waals surface area contributed by atoms with Crippen molar-refractivity contribution in [3.05, 3.63) is 29.8 Å². The highest BCUT2D eigenvalue weighted by Crippen LogP contribution is 2.29. The number of rotatable bonds is 5. The van der Waals surface area contributed by atoms with E-state index >= 15 is 0 Å². The van der Waals surface area contributed by atoms with Crippen LogP contribution in [-0.2, 0) is 6.42 Å². The van der Waals surface area contributed by atoms with Crippen LogP contribution in [0.2, 0.25) is 0 Å². The largest absolute Gasteiger partial charge is 0.494 e. The molecule has 0 radical (unpaired) electrons. The highest BCUT2D eigenvalue weighted by molar-refractivity contribution is 9.09. The van der Waals surface area contributed by atoms with Gasteiger partial charge in [0.1, 0.15) is 5.75 Å². The molecule has 0 saturated heterocycles. The molecule has 96 valence electrons. The number of ether oxygens (including phenoxy) is 1. The number of halogens is 1. The maximum Gasteiger partial charge on any atom is 0.119 e. The molecule has 0 fully saturated rings. The smallest absolute Gasteiger partial charge is 0.119 e. The molecule has 0 amide bonds. The highest BCUT2D eigenvalue weighted by atomic mass is 79.9. The summed E-state index contributed by atoms with van der Waals surface area (Å²) in [5.74, 6) is 0.961. The van der Waals surface area contributed by atoms with Crippen LogP contribution in [0.3, 0.4) is 0 Å². The third-order valence-corrected chi connectivity index (χ3v) is 4.69. The third kappa shape index (κ3) is 5.12. The van der Waals surface area contributed by atoms with E-state index in [1.807, 2.05) is 6.92 Å². The quantitative estimate of drug-likeness (QED) is 0.708. The Balaban J connectivity index is 2.47. The van der Waals surface area contributed by atoms with Crippen molar-refractivity contribution in [2.45, 2.75) is 45.4 Å². The maximum absolute atomic E-state index is 5.43. The van der Waals surface area contributed by atoms with Crippen molar-refractivity contribution in [1.29, 1.82) is 0 Å². The minimum atomic E-state index is 0.325. The molecule has 0 aromatic heterocycles. The zero-order valence-corrected chi connectivity index (χ0v) is 12.9. The van der Waals surface area contributed by atoms with Crippen LogP contribution in [-0.4, -0.2) is 11.4 Å². The Morgan fingerprint density at radius 2 is 1.76 bits per heavy atom. The molecule has 0 spiro atoms. The average Bonchev–Trinajstić information content (AvgIpc) is 2.27. The molecule has 0 aliphatic carbocycles. The molecule has 0 N–H and O–H groups in total. The fourth-order valence-corrected chi connectivity index (χ4v) is 1.87. The van der Waals surface area contributed by atoms with Crippen molar-refractivity contribution < 1.29 is 4.74 Å². The van der Waals surface area contributed by atoms with Crippen LogP contribution in [0, 0.1) is 5.41 Å². The van der Waals surface area contributed by atoms with Gasteiger partial charge in [0.05, 0.1) is 6.61 Å². The van der Waals surface area contributed by atoms with E-state index in [0.717, 1.165) is 25.2 Å². The Bertz CT molecular complexity index is 324. The summed E-state index contributed by atoms with van der Waals surface area (Å²) in [4.78, 5) is 0.557. The molecule has 2 heteroatoms. The summed E-state index contributed by atoms with van der Waals surface area (Å²) in [5, 5.41) is 0. The number of hydrogen-bond donors (Lipinski definition) is 0. The van der Waals surface area contributed by atoms with Gasteiger partial charge in [0.25, 0.3) is 0 Å². The fourth-order valence-electron chi connectivity index (χ4n) is 1.65. The lowest BCUT2D eigenvalue weighted by molar-refractivity contribution is 0.340. The van der Waals surface area contributed by atoms with Crippen molar-refractivity contribution in [2.24, 2.45) is 5.41 Å². The molecule has 1 nitrogen and oxygen atoms in total. The predicted molar refractivity (Wildman–Crippen MR) is 78.1 cm³/mol. The van der Waals surface area contributed by atoms with E-state index in [1.165, 1.54) is 5.56 Å². The van der Waals surface area contributed by atoms with Gasteiger partial charge >= 0.3 is 0 Å². The van der Waals surface area contributed by atoms with E-state index in [1.54, 1.807) is 0 Å². The van der Waals surface area contributed by atoms with Crippen LogP contribution in [0.4, 0.5) is 0 Å². The fraction of sp³-hybridized carbons (Fsp3) is 0.600. The van der Waals surface area contributed by atoms with Crippen LogP contribution >= 0.6 is 15.9 Å². The SMILES string of the molecule is CCOc1ccc(CCC(Br)C(C)(C)C)cc1. The zero-order chi connectivity index (χ0) is 12.9. The van der Waals surface area contributed by atoms with Crippen molar-refractivity contribution in [3.8, 4) is 5.75 Å². The van der Waals surface area contributed by atoms with Gasteiger partial charge in [0, 0.05) is 4.83 Å². The number of benzene rings is 1. The van der Waals surface area contributed by atoms with Gasteiger partial charge in [-0.25, -0.2) is 0 Å². The van der Waals surface area contributed by atoms with Crippen LogP contribution in [0.25, 0.3) is 0 Å². The normalized spacial score (nSPS) is 13.5. The molecule has 1 aromatic carbocycles. The summed E-state index contributed by atoms with van der Waals surface area (Å²) in [6.45, 7) is 9.54. The third-order valence-electron chi connectivity index (χ3n) is 2.86. The molecular weight excluding hydrogens is 276 g/mol. The van der Waals surface area contributed by atoms with Gasteiger partial charge in [0.2, 0.25) is 0 Å². The molecule has 1 unspecified atom stereocenters. The Kier molecular flexibility index (Phi) is 5.51. The summed E-state index contributed by atoms with van der Waals surface area (Å²) in [5.41, 5.74) is 1.70. The van der Waals surface area contributed by atoms with Crippen molar-refractivity contribution in [2.75, 3.05) is 6.61 Å². The standard InChI is InChI=1S/C15H23BrO/c1-5-17-13-9-6-12(7-10-13)8-11-14(16)15(2,3)4/h6-7,9-10,14H,5,8,11H2,1-4H3. The van der Waals surface area contributed by atoms with Crippen molar-refractivity contribution in [3.63, 3.8) is 0 Å². The second-order valence-corrected chi connectivity index (χ2v) is 6.55. The molecule has 0 bridgehead atoms. The topological polar surface area (TPSA) is 9.23 Å². The van der Waals surface area contributed by atoms with E-state index in [4.69, 9.17) is 4.74 Å². The molecule has 0 saturated carbocycles. The summed E-state index contributed by atoms with van der Waals surface area (Å²) in [7, 11) is 0. The first-order valence-electron chi connectivity index (χ1n) is 6.29. The second-order valence-electron chi connectivity index (χ2n) is 5.45. The molecule has 1 aromatic rings. The highest BCUT2D eigenvalue weighted by Gasteiger charge is 2.21. The van der Waals surface area contributed by atoms with Gasteiger partial charge in [-0.1, -0.05) is 48.8 Å². The van der Waals surface area contributed by atoms with Gasteiger partial charge in [-0.15, -0.1) is 0 Å². The molecule has 0 heterocycles. The minimum absolute atomic E-state index is 0.325. The maximum atomic E-state index is 5.43. The van der Waals surface area contributed by atoms with E-state index in [2.05, 4.69) is 61.0 Å². The van der Waals surface area contributed by atoms with Crippen LogP contribution in [0.1, 0.15) is 39.7 Å². The van der Waals surface area contributed by atoms with Gasteiger partial charge in [-0.2, -0.15) is 0 Å². The second kappa shape index (κ2) is 6.44. The minimum Gasteiger partial charge on any atom is -0.494 e. The molecule has 1 atom stereocenters. The first-order valence-corrected chi connectivity index (χ1v) is 7.21. The number of aryl methyl sites for hydroxylation is 1. The molecule has 1 rings (SSSR count). The summed E-state index contributed by atoms with van der Waals surface area (Å²) in [6.07, 6.45) is 2.27. The average molecular weight is 299 g/mol. The van der Waals surface area contributed by atoms with E-state index in [-0.39, 0.29) is 0 Å². The zero-order valence-electron chi connectivity index (χ0n) is 11.3. The summed E-state index contributed by atoms with van der Waals surface area (Å²) in [6, 6.07) is 8.43. The van der Waals surface area contributed by atoms with Gasteiger partial charge in [-0.05, 0) is 42.9 Å². The molecule has 0 aliphatic heterocycles. The lowest BCUT2D eigenvalue weighted by Crippen LogP contribution is -2.20. The monoisotopic (exact) mass is 298 g/mol. The first kappa shape index (κ1) is 14.6. The van der Waals surface area contributed by atoms with E-state index in [0.29, 0.717) is 10.2 Å². The molecule has 0 aliphatic rings. The summed E-state index contributed by atoms with van der Waals surface area (Å²) < 4.78 is 5.43. The number of alkyl halides is 1. The lowest BCUT2D eigenvalue weighted by atomic mass is 9.89. The van der Waals surface area contributed by atoms with E-state index in [9.17, 15) is 0 Å². The number of hydrogen-bond acceptors (Lipinski definition) is 1. The molecule has 17 heavy (non-hydrogen) atoms. The van der Waals surface area contributed by atoms with Crippen LogP contribution < -0.4 is 4.74 Å². The molecular formula is C15H23BrO. The van der Waals surface area contributed by atoms with Gasteiger partial charge in [0.15, 0.2) is 0 Å². The lowest BCUT2D eigenvalue weighted by Gasteiger charge is -2.25. The van der Waals surface area contributed by atoms with Crippen LogP contribution in [0.5, 0.6) is 5.75 Å². The van der Waals surface area contributed by atoms with Crippen molar-refractivity contribution in [1.82, 2.24) is 0 Å². The van der Waals surface area contributed by atoms with Gasteiger partial charge in [-0.3, -0.25) is 0 Å². The van der Waals surface area contributed by atoms with Crippen molar-refractivity contribution >= 4 is 15.9 Å². The van der Waals surface area contributed by atoms with Crippen LogP contribution in [0.15, 0.2) is 24.3 Å². The first-order chi connectivity index (χ1) is 7.93. The predicted octanol–water partition coefficient (Wildman–Crippen LogP) is 4.83. The summed E-state index contributed by atoms with van der Waals surface area (Å²) >= 11 is 3.77. The van der Waals surface area contributed by atoms with Gasteiger partial charge < -0.3 is 4.74 Å².